The van der Waals surface area contributed by atoms with Gasteiger partial charge in [0.25, 0.3) is 0 Å². The number of hydrogen-bond acceptors (Lipinski definition) is 5. The second kappa shape index (κ2) is 8.94. The van der Waals surface area contributed by atoms with Crippen molar-refractivity contribution >= 4 is 37.6 Å². The molecule has 2 spiro atoms. The molecule has 0 unspecified atom stereocenters. The number of rotatable bonds is 6. The van der Waals surface area contributed by atoms with Gasteiger partial charge in [-0.25, -0.2) is 17.9 Å². The highest BCUT2D eigenvalue weighted by molar-refractivity contribution is 9.10. The topological polar surface area (TPSA) is 98.7 Å². The first-order valence-electron chi connectivity index (χ1n) is 11.3. The first-order chi connectivity index (χ1) is 15.8. The molecule has 34 heavy (non-hydrogen) atoms. The summed E-state index contributed by atoms with van der Waals surface area (Å²) in [6.07, 6.45) is 2.69. The largest absolute Gasteiger partial charge is 0.490 e. The standard InChI is InChI=1S/C20H28BrN3O2S.C2HF3O2/c1-24-7-4-16(12-24)23-15-2-3-18(17(21)8-15)27(25,26)22-11-14-9-20(10-14)13-19(20)5-6-19;3-2(4,5)1(6)7/h2-3,8,14,16,22-23H,4-7,9-13H2,1H3;(H,6,7)/t14?,16-,20?;/m1./s1. The molecule has 1 saturated heterocycles. The van der Waals surface area contributed by atoms with Crippen LogP contribution >= 0.6 is 15.9 Å². The van der Waals surface area contributed by atoms with E-state index >= 15 is 0 Å². The van der Waals surface area contributed by atoms with Gasteiger partial charge in [0.1, 0.15) is 0 Å². The minimum absolute atomic E-state index is 0.329. The van der Waals surface area contributed by atoms with E-state index in [2.05, 4.69) is 37.9 Å². The maximum Gasteiger partial charge on any atom is 0.490 e. The third kappa shape index (κ3) is 5.39. The smallest absolute Gasteiger partial charge is 0.475 e. The summed E-state index contributed by atoms with van der Waals surface area (Å²) in [5.41, 5.74) is 2.29. The Morgan fingerprint density at radius 1 is 1.26 bits per heavy atom. The maximum atomic E-state index is 12.7. The summed E-state index contributed by atoms with van der Waals surface area (Å²) in [6, 6.07) is 5.88. The molecule has 1 heterocycles. The summed E-state index contributed by atoms with van der Waals surface area (Å²) in [7, 11) is -1.36. The zero-order valence-electron chi connectivity index (χ0n) is 18.8. The van der Waals surface area contributed by atoms with Gasteiger partial charge < -0.3 is 15.3 Å². The molecule has 0 amide bonds. The third-order valence-electron chi connectivity index (χ3n) is 7.68. The Kier molecular flexibility index (Phi) is 6.76. The van der Waals surface area contributed by atoms with Crippen molar-refractivity contribution in [2.45, 2.75) is 55.6 Å². The molecule has 7 nitrogen and oxygen atoms in total. The van der Waals surface area contributed by atoms with Crippen molar-refractivity contribution in [2.75, 3.05) is 32.0 Å². The summed E-state index contributed by atoms with van der Waals surface area (Å²) < 4.78 is 60.7. The number of alkyl halides is 3. The summed E-state index contributed by atoms with van der Waals surface area (Å²) in [6.45, 7) is 2.68. The van der Waals surface area contributed by atoms with Gasteiger partial charge in [-0.1, -0.05) is 0 Å². The van der Waals surface area contributed by atoms with Crippen molar-refractivity contribution in [3.8, 4) is 0 Å². The molecule has 12 heteroatoms. The van der Waals surface area contributed by atoms with Crippen molar-refractivity contribution in [1.82, 2.24) is 9.62 Å². The summed E-state index contributed by atoms with van der Waals surface area (Å²) in [5.74, 6) is -2.24. The van der Waals surface area contributed by atoms with Crippen molar-refractivity contribution in [3.63, 3.8) is 0 Å². The van der Waals surface area contributed by atoms with Gasteiger partial charge in [0.05, 0.1) is 4.90 Å². The van der Waals surface area contributed by atoms with Gasteiger partial charge in [-0.3, -0.25) is 0 Å². The van der Waals surface area contributed by atoms with Gasteiger partial charge in [-0.05, 0) is 103 Å². The lowest BCUT2D eigenvalue weighted by Gasteiger charge is -2.37. The van der Waals surface area contributed by atoms with Crippen LogP contribution in [0.5, 0.6) is 0 Å². The van der Waals surface area contributed by atoms with Crippen molar-refractivity contribution in [1.29, 1.82) is 0 Å². The molecule has 1 aliphatic heterocycles. The van der Waals surface area contributed by atoms with Crippen LogP contribution in [0.4, 0.5) is 18.9 Å². The average Bonchev–Trinajstić information content (AvgIpc) is 3.57. The van der Waals surface area contributed by atoms with Crippen LogP contribution in [0.2, 0.25) is 0 Å². The molecule has 5 rings (SSSR count). The number of fused-ring (bicyclic) bond motifs is 1. The van der Waals surface area contributed by atoms with Crippen molar-refractivity contribution < 1.29 is 31.5 Å². The van der Waals surface area contributed by atoms with Gasteiger partial charge in [-0.2, -0.15) is 13.2 Å². The molecule has 3 N–H and O–H groups in total. The van der Waals surface area contributed by atoms with E-state index in [0.29, 0.717) is 38.7 Å². The number of carboxylic acids is 1. The SMILES string of the molecule is CN1CC[C@@H](Nc2ccc(S(=O)(=O)NCC3CC4(C3)CC43CC3)c(Br)c2)C1.O=C(O)C(F)(F)F. The normalized spacial score (nSPS) is 29.3. The number of likely N-dealkylation sites (N-methyl/N-ethyl adjacent to an activating group) is 1. The van der Waals surface area contributed by atoms with E-state index in [9.17, 15) is 21.6 Å². The fraction of sp³-hybridized carbons (Fsp3) is 0.682. The quantitative estimate of drug-likeness (QED) is 0.479. The molecule has 4 aliphatic rings. The van der Waals surface area contributed by atoms with E-state index in [1.807, 2.05) is 12.1 Å². The number of carbonyl (C=O) groups is 1. The van der Waals surface area contributed by atoms with Crippen molar-refractivity contribution in [2.24, 2.45) is 16.7 Å². The van der Waals surface area contributed by atoms with E-state index in [1.54, 1.807) is 6.07 Å². The van der Waals surface area contributed by atoms with E-state index in [1.165, 1.54) is 32.1 Å². The van der Waals surface area contributed by atoms with Gasteiger partial charge >= 0.3 is 12.1 Å². The molecule has 3 saturated carbocycles. The van der Waals surface area contributed by atoms with E-state index in [4.69, 9.17) is 9.90 Å². The number of benzene rings is 1. The molecule has 3 aliphatic carbocycles. The van der Waals surface area contributed by atoms with Crippen LogP contribution in [0.1, 0.15) is 38.5 Å². The number of nitrogens with zero attached hydrogens (tertiary/aromatic N) is 1. The monoisotopic (exact) mass is 567 g/mol. The lowest BCUT2D eigenvalue weighted by atomic mass is 9.70. The number of nitrogens with one attached hydrogen (secondary N) is 2. The number of sulfonamides is 1. The molecule has 190 valence electrons. The number of carboxylic acid groups (broad SMARTS) is 1. The number of halogens is 4. The average molecular weight is 568 g/mol. The molecule has 0 bridgehead atoms. The van der Waals surface area contributed by atoms with Crippen LogP contribution < -0.4 is 10.0 Å². The van der Waals surface area contributed by atoms with Crippen LogP contribution in [0.25, 0.3) is 0 Å². The highest BCUT2D eigenvalue weighted by Crippen LogP contribution is 2.86. The lowest BCUT2D eigenvalue weighted by Crippen LogP contribution is -2.38. The zero-order valence-corrected chi connectivity index (χ0v) is 21.2. The van der Waals surface area contributed by atoms with Crippen molar-refractivity contribution in [3.05, 3.63) is 22.7 Å². The fourth-order valence-electron chi connectivity index (χ4n) is 5.63. The molecule has 0 aromatic heterocycles. The Hall–Kier alpha value is -1.37. The Morgan fingerprint density at radius 2 is 1.91 bits per heavy atom. The Morgan fingerprint density at radius 3 is 2.38 bits per heavy atom. The van der Waals surface area contributed by atoms with Gasteiger partial charge in [-0.15, -0.1) is 0 Å². The summed E-state index contributed by atoms with van der Waals surface area (Å²) >= 11 is 3.46. The zero-order chi connectivity index (χ0) is 24.9. The molecule has 4 fully saturated rings. The molecule has 1 aromatic carbocycles. The van der Waals surface area contributed by atoms with Gasteiger partial charge in [0, 0.05) is 29.3 Å². The minimum Gasteiger partial charge on any atom is -0.475 e. The van der Waals surface area contributed by atoms with Crippen LogP contribution in [0.15, 0.2) is 27.6 Å². The molecule has 1 aromatic rings. The number of aliphatic carboxylic acids is 1. The van der Waals surface area contributed by atoms with Crippen LogP contribution in [0, 0.1) is 16.7 Å². The fourth-order valence-corrected chi connectivity index (χ4v) is 7.82. The van der Waals surface area contributed by atoms with Crippen LogP contribution in [0.3, 0.4) is 0 Å². The molecular formula is C22H29BrF3N3O4S. The van der Waals surface area contributed by atoms with E-state index < -0.39 is 22.2 Å². The Balaban J connectivity index is 0.000000344. The molecule has 0 radical (unpaired) electrons. The number of hydrogen-bond donors (Lipinski definition) is 3. The number of anilines is 1. The van der Waals surface area contributed by atoms with Crippen LogP contribution in [-0.2, 0) is 14.8 Å². The predicted molar refractivity (Wildman–Crippen MR) is 124 cm³/mol. The lowest BCUT2D eigenvalue weighted by molar-refractivity contribution is -0.192. The first-order valence-corrected chi connectivity index (χ1v) is 13.6. The third-order valence-corrected chi connectivity index (χ3v) is 10.1. The second-order valence-electron chi connectivity index (χ2n) is 10.2. The highest BCUT2D eigenvalue weighted by atomic mass is 79.9. The second-order valence-corrected chi connectivity index (χ2v) is 12.8. The van der Waals surface area contributed by atoms with Crippen LogP contribution in [-0.4, -0.2) is 63.3 Å². The van der Waals surface area contributed by atoms with E-state index in [-0.39, 0.29) is 0 Å². The maximum absolute atomic E-state index is 12.7. The molecular weight excluding hydrogens is 539 g/mol. The molecule has 1 atom stereocenters. The summed E-state index contributed by atoms with van der Waals surface area (Å²) in [4.78, 5) is 11.5. The Bertz CT molecular complexity index is 1060. The first kappa shape index (κ1) is 25.7. The minimum atomic E-state index is -5.08. The van der Waals surface area contributed by atoms with Gasteiger partial charge in [0.15, 0.2) is 0 Å². The number of likely N-dealkylation sites (tertiary alicyclic amines) is 1. The van der Waals surface area contributed by atoms with E-state index in [0.717, 1.165) is 25.2 Å². The van der Waals surface area contributed by atoms with Gasteiger partial charge in [0.2, 0.25) is 10.0 Å². The summed E-state index contributed by atoms with van der Waals surface area (Å²) in [5, 5.41) is 10.6. The Labute approximate surface area is 205 Å². The predicted octanol–water partition coefficient (Wildman–Crippen LogP) is 4.06. The highest BCUT2D eigenvalue weighted by Gasteiger charge is 2.76.